The van der Waals surface area contributed by atoms with Gasteiger partial charge in [-0.15, -0.1) is 0 Å². The molecule has 0 radical (unpaired) electrons. The number of nitrogens with one attached hydrogen (secondary N) is 1. The Morgan fingerprint density at radius 2 is 1.79 bits per heavy atom. The van der Waals surface area contributed by atoms with Gasteiger partial charge in [0.25, 0.3) is 5.91 Å². The van der Waals surface area contributed by atoms with Gasteiger partial charge in [-0.2, -0.15) is 5.10 Å². The van der Waals surface area contributed by atoms with Gasteiger partial charge in [0.15, 0.2) is 5.69 Å². The van der Waals surface area contributed by atoms with Crippen LogP contribution in [0.4, 0.5) is 0 Å². The molecule has 1 aromatic heterocycles. The maximum Gasteiger partial charge on any atom is 0.274 e. The van der Waals surface area contributed by atoms with Crippen molar-refractivity contribution >= 4 is 11.8 Å². The Kier molecular flexibility index (Phi) is 6.69. The predicted molar refractivity (Wildman–Crippen MR) is 115 cm³/mol. The van der Waals surface area contributed by atoms with Gasteiger partial charge in [-0.1, -0.05) is 33.1 Å². The van der Waals surface area contributed by atoms with Gasteiger partial charge >= 0.3 is 0 Å². The Hall–Kier alpha value is -1.85. The van der Waals surface area contributed by atoms with Crippen LogP contribution in [0.5, 0.6) is 0 Å². The summed E-state index contributed by atoms with van der Waals surface area (Å²) >= 11 is 0. The summed E-state index contributed by atoms with van der Waals surface area (Å²) in [4.78, 5) is 27.8. The average molecular weight is 403 g/mol. The van der Waals surface area contributed by atoms with Crippen molar-refractivity contribution in [1.82, 2.24) is 20.0 Å². The normalized spacial score (nSPS) is 21.4. The second kappa shape index (κ2) is 8.88. The van der Waals surface area contributed by atoms with Crippen molar-refractivity contribution < 1.29 is 9.59 Å². The molecule has 1 saturated carbocycles. The third-order valence-electron chi connectivity index (χ3n) is 6.21. The van der Waals surface area contributed by atoms with Gasteiger partial charge in [0.1, 0.15) is 0 Å². The molecule has 162 valence electrons. The molecule has 1 aliphatic carbocycles. The molecule has 1 aliphatic heterocycles. The number of aromatic nitrogens is 2. The molecule has 1 atom stereocenters. The van der Waals surface area contributed by atoms with Crippen molar-refractivity contribution in [2.45, 2.75) is 97.1 Å². The first kappa shape index (κ1) is 21.8. The van der Waals surface area contributed by atoms with E-state index in [2.05, 4.69) is 45.0 Å². The van der Waals surface area contributed by atoms with Gasteiger partial charge in [-0.05, 0) is 58.4 Å². The molecule has 2 aliphatic rings. The van der Waals surface area contributed by atoms with E-state index >= 15 is 0 Å². The van der Waals surface area contributed by atoms with Gasteiger partial charge in [0.2, 0.25) is 5.91 Å². The fourth-order valence-corrected chi connectivity index (χ4v) is 4.55. The quantitative estimate of drug-likeness (QED) is 0.826. The van der Waals surface area contributed by atoms with Gasteiger partial charge < -0.3 is 10.2 Å². The topological polar surface area (TPSA) is 67.2 Å². The van der Waals surface area contributed by atoms with Gasteiger partial charge in [-0.25, -0.2) is 0 Å². The minimum Gasteiger partial charge on any atom is -0.353 e. The highest BCUT2D eigenvalue weighted by Crippen LogP contribution is 2.26. The molecular weight excluding hydrogens is 364 g/mol. The van der Waals surface area contributed by atoms with Crippen molar-refractivity contribution in [1.29, 1.82) is 0 Å². The van der Waals surface area contributed by atoms with Crippen molar-refractivity contribution in [2.24, 2.45) is 5.92 Å². The number of carbonyl (C=O) groups is 2. The summed E-state index contributed by atoms with van der Waals surface area (Å²) in [7, 11) is 0. The fourth-order valence-electron chi connectivity index (χ4n) is 4.55. The lowest BCUT2D eigenvalue weighted by molar-refractivity contribution is -0.127. The molecule has 1 unspecified atom stereocenters. The van der Waals surface area contributed by atoms with Gasteiger partial charge in [0, 0.05) is 24.8 Å². The van der Waals surface area contributed by atoms with Crippen LogP contribution in [0, 0.1) is 5.92 Å². The highest BCUT2D eigenvalue weighted by Gasteiger charge is 2.32. The summed E-state index contributed by atoms with van der Waals surface area (Å²) in [6, 6.07) is 2.25. The second-order valence-corrected chi connectivity index (χ2v) is 10.1. The van der Waals surface area contributed by atoms with Crippen LogP contribution in [-0.4, -0.2) is 45.6 Å². The molecule has 1 saturated heterocycles. The molecule has 0 bridgehead atoms. The summed E-state index contributed by atoms with van der Waals surface area (Å²) in [5, 5.41) is 7.91. The van der Waals surface area contributed by atoms with Crippen molar-refractivity contribution in [3.63, 3.8) is 0 Å². The van der Waals surface area contributed by atoms with Crippen LogP contribution in [0.15, 0.2) is 6.07 Å². The van der Waals surface area contributed by atoms with Crippen LogP contribution >= 0.6 is 0 Å². The molecule has 2 heterocycles. The Balaban J connectivity index is 1.68. The van der Waals surface area contributed by atoms with E-state index in [1.807, 2.05) is 15.6 Å². The SMILES string of the molecule is CC(C)c1cc(C(=O)N2CCCC(C(=O)NC3CCCCC3)C2)nn1C(C)(C)C. The Morgan fingerprint density at radius 3 is 2.38 bits per heavy atom. The predicted octanol–water partition coefficient (Wildman–Crippen LogP) is 4.06. The number of amides is 2. The summed E-state index contributed by atoms with van der Waals surface area (Å²) in [5.41, 5.74) is 1.39. The fraction of sp³-hybridized carbons (Fsp3) is 0.783. The molecular formula is C23H38N4O2. The van der Waals surface area contributed by atoms with E-state index in [4.69, 9.17) is 0 Å². The lowest BCUT2D eigenvalue weighted by Gasteiger charge is -2.33. The third kappa shape index (κ3) is 5.20. The Morgan fingerprint density at radius 1 is 1.10 bits per heavy atom. The zero-order valence-corrected chi connectivity index (χ0v) is 18.8. The smallest absolute Gasteiger partial charge is 0.274 e. The lowest BCUT2D eigenvalue weighted by atomic mass is 9.93. The first-order valence-electron chi connectivity index (χ1n) is 11.4. The number of likely N-dealkylation sites (tertiary alicyclic amines) is 1. The first-order chi connectivity index (χ1) is 13.7. The number of carbonyl (C=O) groups excluding carboxylic acids is 2. The molecule has 1 aromatic rings. The zero-order valence-electron chi connectivity index (χ0n) is 18.8. The molecule has 2 fully saturated rings. The number of rotatable bonds is 4. The van der Waals surface area contributed by atoms with Crippen LogP contribution in [0.25, 0.3) is 0 Å². The van der Waals surface area contributed by atoms with E-state index in [0.29, 0.717) is 30.7 Å². The van der Waals surface area contributed by atoms with Crippen molar-refractivity contribution in [3.8, 4) is 0 Å². The Labute approximate surface area is 175 Å². The summed E-state index contributed by atoms with van der Waals surface area (Å²) in [6.45, 7) is 11.8. The van der Waals surface area contributed by atoms with Crippen LogP contribution in [0.1, 0.15) is 102 Å². The van der Waals surface area contributed by atoms with E-state index in [1.54, 1.807) is 0 Å². The first-order valence-corrected chi connectivity index (χ1v) is 11.4. The van der Waals surface area contributed by atoms with Gasteiger partial charge in [-0.3, -0.25) is 14.3 Å². The van der Waals surface area contributed by atoms with E-state index in [-0.39, 0.29) is 23.3 Å². The number of hydrogen-bond donors (Lipinski definition) is 1. The molecule has 3 rings (SSSR count). The van der Waals surface area contributed by atoms with E-state index in [9.17, 15) is 9.59 Å². The highest BCUT2D eigenvalue weighted by atomic mass is 16.2. The van der Waals surface area contributed by atoms with Crippen LogP contribution < -0.4 is 5.32 Å². The second-order valence-electron chi connectivity index (χ2n) is 10.1. The summed E-state index contributed by atoms with van der Waals surface area (Å²) in [6.07, 6.45) is 7.58. The molecule has 0 spiro atoms. The minimum absolute atomic E-state index is 0.0509. The standard InChI is InChI=1S/C23H38N4O2/c1-16(2)20-14-19(25-27(20)23(3,4)5)22(29)26-13-9-10-17(15-26)21(28)24-18-11-7-6-8-12-18/h14,16-18H,6-13,15H2,1-5H3,(H,24,28). The summed E-state index contributed by atoms with van der Waals surface area (Å²) < 4.78 is 1.97. The van der Waals surface area contributed by atoms with E-state index in [0.717, 1.165) is 31.4 Å². The molecule has 0 aromatic carbocycles. The largest absolute Gasteiger partial charge is 0.353 e. The van der Waals surface area contributed by atoms with E-state index < -0.39 is 0 Å². The average Bonchev–Trinajstić information content (AvgIpc) is 3.15. The summed E-state index contributed by atoms with van der Waals surface area (Å²) in [5.74, 6) is 0.255. The van der Waals surface area contributed by atoms with E-state index in [1.165, 1.54) is 19.3 Å². The maximum absolute atomic E-state index is 13.2. The zero-order chi connectivity index (χ0) is 21.2. The van der Waals surface area contributed by atoms with Crippen molar-refractivity contribution in [3.05, 3.63) is 17.5 Å². The Bertz CT molecular complexity index is 726. The molecule has 29 heavy (non-hydrogen) atoms. The maximum atomic E-state index is 13.2. The highest BCUT2D eigenvalue weighted by molar-refractivity contribution is 5.93. The van der Waals surface area contributed by atoms with Crippen LogP contribution in [-0.2, 0) is 10.3 Å². The number of nitrogens with zero attached hydrogens (tertiary/aromatic N) is 3. The number of piperidine rings is 1. The third-order valence-corrected chi connectivity index (χ3v) is 6.21. The van der Waals surface area contributed by atoms with Crippen LogP contribution in [0.3, 0.4) is 0 Å². The van der Waals surface area contributed by atoms with Crippen molar-refractivity contribution in [2.75, 3.05) is 13.1 Å². The van der Waals surface area contributed by atoms with Crippen LogP contribution in [0.2, 0.25) is 0 Å². The van der Waals surface area contributed by atoms with Gasteiger partial charge in [0.05, 0.1) is 11.5 Å². The lowest BCUT2D eigenvalue weighted by Crippen LogP contribution is -2.48. The molecule has 2 amide bonds. The minimum atomic E-state index is -0.178. The molecule has 6 heteroatoms. The monoisotopic (exact) mass is 402 g/mol. The number of hydrogen-bond acceptors (Lipinski definition) is 3. The molecule has 6 nitrogen and oxygen atoms in total. The molecule has 1 N–H and O–H groups in total.